The quantitative estimate of drug-likeness (QED) is 0.232. The van der Waals surface area contributed by atoms with Crippen LogP contribution in [0.1, 0.15) is 22.3 Å². The van der Waals surface area contributed by atoms with Crippen LogP contribution in [0.3, 0.4) is 0 Å². The van der Waals surface area contributed by atoms with E-state index in [4.69, 9.17) is 0 Å². The van der Waals surface area contributed by atoms with Gasteiger partial charge in [0.15, 0.2) is 0 Å². The van der Waals surface area contributed by atoms with Gasteiger partial charge in [0.1, 0.15) is 0 Å². The lowest BCUT2D eigenvalue weighted by molar-refractivity contribution is 1.22. The molecule has 2 heteroatoms. The Balaban J connectivity index is 1.51. The normalized spacial score (nSPS) is 13.6. The molecule has 8 rings (SSSR count). The van der Waals surface area contributed by atoms with Gasteiger partial charge in [-0.15, -0.1) is 0 Å². The Labute approximate surface area is 234 Å². The van der Waals surface area contributed by atoms with Crippen molar-refractivity contribution in [1.82, 2.24) is 0 Å². The standard InChI is InChI=1S/C38H28N2/c1-39(29-17-5-3-6-18-29)37-33-23-27-15-11-9-13-25(27)21-31(33)36-35(37)32-22-26-14-10-12-16-28(26)24-34(32)38(36)40(2)30-19-7-4-8-20-30/h3-24H,1-2H3. The topological polar surface area (TPSA) is 6.48 Å². The van der Waals surface area contributed by atoms with E-state index in [1.54, 1.807) is 0 Å². The first-order valence-corrected chi connectivity index (χ1v) is 13.8. The van der Waals surface area contributed by atoms with Crippen LogP contribution in [-0.2, 0) is 0 Å². The molecule has 0 atom stereocenters. The Hall–Kier alpha value is -5.08. The van der Waals surface area contributed by atoms with Crippen molar-refractivity contribution in [2.75, 3.05) is 23.9 Å². The minimum absolute atomic E-state index is 1.18. The van der Waals surface area contributed by atoms with Gasteiger partial charge >= 0.3 is 0 Å². The first-order chi connectivity index (χ1) is 19.7. The zero-order chi connectivity index (χ0) is 26.8. The second-order valence-corrected chi connectivity index (χ2v) is 10.7. The molecule has 6 aromatic rings. The average molecular weight is 513 g/mol. The van der Waals surface area contributed by atoms with Gasteiger partial charge in [-0.25, -0.2) is 0 Å². The van der Waals surface area contributed by atoms with Gasteiger partial charge in [-0.1, -0.05) is 84.9 Å². The van der Waals surface area contributed by atoms with Crippen molar-refractivity contribution in [1.29, 1.82) is 0 Å². The van der Waals surface area contributed by atoms with E-state index in [9.17, 15) is 0 Å². The van der Waals surface area contributed by atoms with Gasteiger partial charge < -0.3 is 9.80 Å². The Morgan fingerprint density at radius 3 is 1.00 bits per heavy atom. The molecule has 0 saturated carbocycles. The van der Waals surface area contributed by atoms with E-state index in [1.807, 2.05) is 0 Å². The second kappa shape index (κ2) is 8.72. The zero-order valence-electron chi connectivity index (χ0n) is 22.6. The summed E-state index contributed by atoms with van der Waals surface area (Å²) in [4.78, 5) is 4.75. The first-order valence-electron chi connectivity index (χ1n) is 13.8. The monoisotopic (exact) mass is 512 g/mol. The van der Waals surface area contributed by atoms with Gasteiger partial charge in [-0.05, 0) is 81.2 Å². The van der Waals surface area contributed by atoms with Crippen LogP contribution in [0.4, 0.5) is 11.4 Å². The molecule has 2 nitrogen and oxygen atoms in total. The highest BCUT2D eigenvalue weighted by molar-refractivity contribution is 6.35. The maximum absolute atomic E-state index is 2.40. The van der Waals surface area contributed by atoms with E-state index in [0.717, 1.165) is 0 Å². The number of nitrogens with zero attached hydrogens (tertiary/aromatic N) is 2. The molecule has 2 aliphatic carbocycles. The molecular weight excluding hydrogens is 484 g/mol. The number of allylic oxidation sites excluding steroid dienone is 2. The summed E-state index contributed by atoms with van der Waals surface area (Å²) in [5.41, 5.74) is 12.7. The molecule has 0 spiro atoms. The second-order valence-electron chi connectivity index (χ2n) is 10.7. The molecule has 0 unspecified atom stereocenters. The van der Waals surface area contributed by atoms with E-state index in [2.05, 4.69) is 157 Å². The van der Waals surface area contributed by atoms with Gasteiger partial charge in [0.25, 0.3) is 0 Å². The number of hydrogen-bond donors (Lipinski definition) is 0. The number of fused-ring (bicyclic) bond motifs is 7. The molecule has 0 saturated heterocycles. The van der Waals surface area contributed by atoms with Crippen LogP contribution in [0, 0.1) is 0 Å². The Morgan fingerprint density at radius 1 is 0.350 bits per heavy atom. The minimum atomic E-state index is 1.18. The summed E-state index contributed by atoms with van der Waals surface area (Å²) in [5, 5.41) is 5.05. The molecule has 0 N–H and O–H groups in total. The van der Waals surface area contributed by atoms with E-state index in [0.29, 0.717) is 0 Å². The third-order valence-electron chi connectivity index (χ3n) is 8.50. The van der Waals surface area contributed by atoms with E-state index < -0.39 is 0 Å². The fourth-order valence-electron chi connectivity index (χ4n) is 6.57. The third-order valence-corrected chi connectivity index (χ3v) is 8.50. The first kappa shape index (κ1) is 22.9. The smallest absolute Gasteiger partial charge is 0.0575 e. The highest BCUT2D eigenvalue weighted by Crippen LogP contribution is 2.58. The van der Waals surface area contributed by atoms with Crippen LogP contribution in [-0.4, -0.2) is 14.1 Å². The lowest BCUT2D eigenvalue weighted by Crippen LogP contribution is -2.16. The van der Waals surface area contributed by atoms with Crippen molar-refractivity contribution in [3.63, 3.8) is 0 Å². The number of hydrogen-bond acceptors (Lipinski definition) is 2. The molecule has 0 heterocycles. The fourth-order valence-corrected chi connectivity index (χ4v) is 6.57. The summed E-state index contributed by atoms with van der Waals surface area (Å²) in [7, 11) is 4.42. The molecule has 2 aliphatic rings. The van der Waals surface area contributed by atoms with Crippen molar-refractivity contribution in [2.45, 2.75) is 0 Å². The number of para-hydroxylation sites is 2. The van der Waals surface area contributed by atoms with Crippen molar-refractivity contribution in [2.24, 2.45) is 0 Å². The molecule has 0 aliphatic heterocycles. The van der Waals surface area contributed by atoms with Gasteiger partial charge in [0, 0.05) is 47.7 Å². The number of rotatable bonds is 4. The predicted octanol–water partition coefficient (Wildman–Crippen LogP) is 9.33. The fraction of sp³-hybridized carbons (Fsp3) is 0.0526. The predicted molar refractivity (Wildman–Crippen MR) is 171 cm³/mol. The Morgan fingerprint density at radius 2 is 0.650 bits per heavy atom. The van der Waals surface area contributed by atoms with Crippen LogP contribution < -0.4 is 9.80 Å². The van der Waals surface area contributed by atoms with Crippen LogP contribution in [0.25, 0.3) is 44.1 Å². The summed E-state index contributed by atoms with van der Waals surface area (Å²) >= 11 is 0. The molecule has 40 heavy (non-hydrogen) atoms. The van der Waals surface area contributed by atoms with Crippen molar-refractivity contribution >= 4 is 55.5 Å². The molecule has 190 valence electrons. The van der Waals surface area contributed by atoms with Gasteiger partial charge in [0.05, 0.1) is 11.4 Å². The van der Waals surface area contributed by atoms with E-state index >= 15 is 0 Å². The molecular formula is C38H28N2. The minimum Gasteiger partial charge on any atom is -0.344 e. The SMILES string of the molecule is CN(C1=C2C(=C(N(C)c3ccccc3)c3cc4ccccc4cc32)c2cc3ccccc3cc21)c1ccccc1. The van der Waals surface area contributed by atoms with Crippen molar-refractivity contribution < 1.29 is 0 Å². The molecule has 0 radical (unpaired) electrons. The molecule has 0 fully saturated rings. The summed E-state index contributed by atoms with van der Waals surface area (Å²) in [6.45, 7) is 0. The maximum atomic E-state index is 2.40. The molecule has 0 amide bonds. The lowest BCUT2D eigenvalue weighted by atomic mass is 9.97. The van der Waals surface area contributed by atoms with E-state index in [-0.39, 0.29) is 0 Å². The van der Waals surface area contributed by atoms with Gasteiger partial charge in [-0.3, -0.25) is 0 Å². The highest BCUT2D eigenvalue weighted by atomic mass is 15.1. The summed E-state index contributed by atoms with van der Waals surface area (Å²) in [6, 6.07) is 48.4. The lowest BCUT2D eigenvalue weighted by Gasteiger charge is -2.25. The van der Waals surface area contributed by atoms with Gasteiger partial charge in [-0.2, -0.15) is 0 Å². The van der Waals surface area contributed by atoms with Crippen molar-refractivity contribution in [3.05, 3.63) is 156 Å². The largest absolute Gasteiger partial charge is 0.344 e. The summed E-state index contributed by atoms with van der Waals surface area (Å²) in [6.07, 6.45) is 0. The molecule has 0 bridgehead atoms. The maximum Gasteiger partial charge on any atom is 0.0575 e. The average Bonchev–Trinajstić information content (AvgIpc) is 3.50. The summed E-state index contributed by atoms with van der Waals surface area (Å²) < 4.78 is 0. The highest BCUT2D eigenvalue weighted by Gasteiger charge is 2.40. The Kier molecular flexibility index (Phi) is 4.99. The van der Waals surface area contributed by atoms with Crippen LogP contribution >= 0.6 is 0 Å². The number of anilines is 2. The van der Waals surface area contributed by atoms with Crippen LogP contribution in [0.2, 0.25) is 0 Å². The van der Waals surface area contributed by atoms with Crippen LogP contribution in [0.5, 0.6) is 0 Å². The molecule has 6 aromatic carbocycles. The third kappa shape index (κ3) is 3.29. The molecule has 0 aromatic heterocycles. The number of benzene rings is 6. The van der Waals surface area contributed by atoms with Gasteiger partial charge in [0.2, 0.25) is 0 Å². The van der Waals surface area contributed by atoms with Crippen LogP contribution in [0.15, 0.2) is 133 Å². The summed E-state index contributed by atoms with van der Waals surface area (Å²) in [5.74, 6) is 0. The zero-order valence-corrected chi connectivity index (χ0v) is 22.6. The van der Waals surface area contributed by atoms with E-state index in [1.165, 1.54) is 77.7 Å². The van der Waals surface area contributed by atoms with Crippen molar-refractivity contribution in [3.8, 4) is 0 Å². The Bertz CT molecular complexity index is 1870.